The van der Waals surface area contributed by atoms with Gasteiger partial charge in [-0.15, -0.1) is 0 Å². The van der Waals surface area contributed by atoms with E-state index in [1.165, 1.54) is 12.1 Å². The first kappa shape index (κ1) is 17.1. The molecule has 23 heavy (non-hydrogen) atoms. The summed E-state index contributed by atoms with van der Waals surface area (Å²) in [5, 5.41) is 2.01. The van der Waals surface area contributed by atoms with Gasteiger partial charge < -0.3 is 14.8 Å². The molecule has 0 aliphatic rings. The van der Waals surface area contributed by atoms with Crippen LogP contribution in [0, 0.1) is 0 Å². The first-order valence-corrected chi connectivity index (χ1v) is 7.12. The summed E-state index contributed by atoms with van der Waals surface area (Å²) >= 11 is 0. The van der Waals surface area contributed by atoms with Gasteiger partial charge in [0.1, 0.15) is 24.6 Å². The summed E-state index contributed by atoms with van der Waals surface area (Å²) < 4.78 is 48.0. The molecular formula is C17H19F3NO2+. The largest absolute Gasteiger partial charge is 0.497 e. The van der Waals surface area contributed by atoms with E-state index in [1.54, 1.807) is 20.3 Å². The molecule has 124 valence electrons. The van der Waals surface area contributed by atoms with Gasteiger partial charge in [-0.25, -0.2) is 0 Å². The molecular weight excluding hydrogens is 307 g/mol. The maximum atomic E-state index is 12.5. The van der Waals surface area contributed by atoms with Crippen molar-refractivity contribution in [3.8, 4) is 11.5 Å². The van der Waals surface area contributed by atoms with Crippen LogP contribution < -0.4 is 14.8 Å². The van der Waals surface area contributed by atoms with Crippen LogP contribution in [-0.4, -0.2) is 14.2 Å². The molecule has 3 nitrogen and oxygen atoms in total. The fraction of sp³-hybridized carbons (Fsp3) is 0.294. The van der Waals surface area contributed by atoms with E-state index < -0.39 is 11.7 Å². The molecule has 0 aliphatic heterocycles. The van der Waals surface area contributed by atoms with Crippen molar-refractivity contribution < 1.29 is 28.0 Å². The maximum Gasteiger partial charge on any atom is 0.416 e. The zero-order valence-electron chi connectivity index (χ0n) is 13.0. The second-order valence-electron chi connectivity index (χ2n) is 5.07. The van der Waals surface area contributed by atoms with E-state index in [4.69, 9.17) is 9.47 Å². The molecule has 2 aromatic rings. The summed E-state index contributed by atoms with van der Waals surface area (Å²) in [7, 11) is 3.18. The van der Waals surface area contributed by atoms with Gasteiger partial charge in [0.2, 0.25) is 0 Å². The average molecular weight is 326 g/mol. The molecule has 0 spiro atoms. The van der Waals surface area contributed by atoms with Crippen molar-refractivity contribution in [2.24, 2.45) is 0 Å². The molecule has 0 aliphatic carbocycles. The molecule has 0 aromatic heterocycles. The number of hydrogen-bond acceptors (Lipinski definition) is 2. The van der Waals surface area contributed by atoms with Crippen LogP contribution in [0.5, 0.6) is 11.5 Å². The highest BCUT2D eigenvalue weighted by Crippen LogP contribution is 2.29. The van der Waals surface area contributed by atoms with Crippen LogP contribution in [0.25, 0.3) is 0 Å². The maximum absolute atomic E-state index is 12.5. The molecule has 0 radical (unpaired) electrons. The Hall–Kier alpha value is -2.21. The van der Waals surface area contributed by atoms with Gasteiger partial charge in [0.15, 0.2) is 0 Å². The van der Waals surface area contributed by atoms with E-state index in [1.807, 2.05) is 17.4 Å². The smallest absolute Gasteiger partial charge is 0.416 e. The van der Waals surface area contributed by atoms with E-state index in [2.05, 4.69) is 0 Å². The highest BCUT2D eigenvalue weighted by Gasteiger charge is 2.29. The molecule has 0 fully saturated rings. The average Bonchev–Trinajstić information content (AvgIpc) is 2.54. The molecule has 6 heteroatoms. The van der Waals surface area contributed by atoms with Gasteiger partial charge in [0.25, 0.3) is 0 Å². The predicted molar refractivity (Wildman–Crippen MR) is 80.3 cm³/mol. The lowest BCUT2D eigenvalue weighted by molar-refractivity contribution is -0.686. The van der Waals surface area contributed by atoms with Crippen LogP contribution in [0.1, 0.15) is 16.7 Å². The van der Waals surface area contributed by atoms with Gasteiger partial charge in [0, 0.05) is 17.2 Å². The standard InChI is InChI=1S/C17H18F3NO2/c1-22-15-8-5-13(16(9-15)23-2)11-21-10-12-3-6-14(7-4-12)17(18,19)20/h3-9,21H,10-11H2,1-2H3/p+1. The molecule has 0 unspecified atom stereocenters. The van der Waals surface area contributed by atoms with E-state index >= 15 is 0 Å². The fourth-order valence-corrected chi connectivity index (χ4v) is 2.24. The second-order valence-corrected chi connectivity index (χ2v) is 5.07. The van der Waals surface area contributed by atoms with Crippen molar-refractivity contribution in [1.82, 2.24) is 0 Å². The highest BCUT2D eigenvalue weighted by atomic mass is 19.4. The number of rotatable bonds is 6. The molecule has 0 bridgehead atoms. The monoisotopic (exact) mass is 326 g/mol. The number of nitrogens with two attached hydrogens (primary N) is 1. The zero-order chi connectivity index (χ0) is 16.9. The van der Waals surface area contributed by atoms with Gasteiger partial charge >= 0.3 is 6.18 Å². The first-order chi connectivity index (χ1) is 10.9. The summed E-state index contributed by atoms with van der Waals surface area (Å²) in [5.41, 5.74) is 1.21. The SMILES string of the molecule is COc1ccc(C[NH2+]Cc2ccc(C(F)(F)F)cc2)c(OC)c1. The molecule has 0 atom stereocenters. The zero-order valence-corrected chi connectivity index (χ0v) is 13.0. The third-order valence-corrected chi connectivity index (χ3v) is 3.52. The number of quaternary nitrogens is 1. The molecule has 2 N–H and O–H groups in total. The number of benzene rings is 2. The summed E-state index contributed by atoms with van der Waals surface area (Å²) in [6, 6.07) is 10.8. The van der Waals surface area contributed by atoms with Gasteiger partial charge in [-0.3, -0.25) is 0 Å². The molecule has 0 heterocycles. The van der Waals surface area contributed by atoms with Crippen molar-refractivity contribution in [2.45, 2.75) is 19.3 Å². The second kappa shape index (κ2) is 7.37. The lowest BCUT2D eigenvalue weighted by Gasteiger charge is -2.10. The minimum atomic E-state index is -4.29. The van der Waals surface area contributed by atoms with Crippen LogP contribution >= 0.6 is 0 Å². The Balaban J connectivity index is 1.95. The van der Waals surface area contributed by atoms with E-state index in [0.29, 0.717) is 18.8 Å². The van der Waals surface area contributed by atoms with Gasteiger partial charge in [-0.2, -0.15) is 13.2 Å². The lowest BCUT2D eigenvalue weighted by Crippen LogP contribution is -2.80. The minimum Gasteiger partial charge on any atom is -0.497 e. The highest BCUT2D eigenvalue weighted by molar-refractivity contribution is 5.40. The van der Waals surface area contributed by atoms with E-state index in [9.17, 15) is 13.2 Å². The topological polar surface area (TPSA) is 35.1 Å². The third-order valence-electron chi connectivity index (χ3n) is 3.52. The predicted octanol–water partition coefficient (Wildman–Crippen LogP) is 2.99. The van der Waals surface area contributed by atoms with Gasteiger partial charge in [-0.1, -0.05) is 12.1 Å². The van der Waals surface area contributed by atoms with Crippen LogP contribution in [0.2, 0.25) is 0 Å². The van der Waals surface area contributed by atoms with Gasteiger partial charge in [-0.05, 0) is 24.3 Å². The third kappa shape index (κ3) is 4.63. The van der Waals surface area contributed by atoms with E-state index in [0.717, 1.165) is 29.0 Å². The van der Waals surface area contributed by atoms with Gasteiger partial charge in [0.05, 0.1) is 19.8 Å². The van der Waals surface area contributed by atoms with Crippen LogP contribution in [-0.2, 0) is 19.3 Å². The summed E-state index contributed by atoms with van der Waals surface area (Å²) in [6.45, 7) is 1.25. The molecule has 0 saturated heterocycles. The summed E-state index contributed by atoms with van der Waals surface area (Å²) in [4.78, 5) is 0. The number of halogens is 3. The van der Waals surface area contributed by atoms with Crippen molar-refractivity contribution in [2.75, 3.05) is 14.2 Å². The molecule has 0 saturated carbocycles. The Morgan fingerprint density at radius 1 is 0.913 bits per heavy atom. The number of ether oxygens (including phenoxy) is 2. The van der Waals surface area contributed by atoms with Crippen molar-refractivity contribution >= 4 is 0 Å². The summed E-state index contributed by atoms with van der Waals surface area (Å²) in [6.07, 6.45) is -4.29. The molecule has 0 amide bonds. The van der Waals surface area contributed by atoms with Crippen LogP contribution in [0.3, 0.4) is 0 Å². The van der Waals surface area contributed by atoms with E-state index in [-0.39, 0.29) is 0 Å². The van der Waals surface area contributed by atoms with Crippen LogP contribution in [0.15, 0.2) is 42.5 Å². The number of alkyl halides is 3. The van der Waals surface area contributed by atoms with Crippen molar-refractivity contribution in [3.63, 3.8) is 0 Å². The minimum absolute atomic E-state index is 0.591. The molecule has 2 aromatic carbocycles. The Bertz CT molecular complexity index is 639. The Morgan fingerprint density at radius 3 is 2.17 bits per heavy atom. The quantitative estimate of drug-likeness (QED) is 0.886. The van der Waals surface area contributed by atoms with Crippen LogP contribution in [0.4, 0.5) is 13.2 Å². The Morgan fingerprint density at radius 2 is 1.61 bits per heavy atom. The first-order valence-electron chi connectivity index (χ1n) is 7.12. The van der Waals surface area contributed by atoms with Crippen molar-refractivity contribution in [3.05, 3.63) is 59.2 Å². The number of methoxy groups -OCH3 is 2. The molecule has 2 rings (SSSR count). The van der Waals surface area contributed by atoms with Crippen molar-refractivity contribution in [1.29, 1.82) is 0 Å². The fourth-order valence-electron chi connectivity index (χ4n) is 2.24. The Kier molecular flexibility index (Phi) is 5.50. The lowest BCUT2D eigenvalue weighted by atomic mass is 10.1. The summed E-state index contributed by atoms with van der Waals surface area (Å²) in [5.74, 6) is 1.45. The normalized spacial score (nSPS) is 11.3. The number of hydrogen-bond donors (Lipinski definition) is 1. The Labute approximate surface area is 133 Å².